The molecule has 0 bridgehead atoms. The highest BCUT2D eigenvalue weighted by Crippen LogP contribution is 2.49. The highest BCUT2D eigenvalue weighted by Gasteiger charge is 2.29. The lowest BCUT2D eigenvalue weighted by atomic mass is 10.1. The van der Waals surface area contributed by atoms with Crippen LogP contribution < -0.4 is 11.5 Å². The summed E-state index contributed by atoms with van der Waals surface area (Å²) in [6, 6.07) is 14.9. The first-order valence-corrected chi connectivity index (χ1v) is 24.4. The van der Waals surface area contributed by atoms with E-state index in [-0.39, 0.29) is 26.9 Å². The zero-order valence-electron chi connectivity index (χ0n) is 33.1. The molecular formula is C33H36N8O17S5. The Kier molecular flexibility index (Phi) is 16.4. The molecule has 0 aliphatic carbocycles. The molecule has 0 aliphatic rings. The van der Waals surface area contributed by atoms with E-state index >= 15 is 0 Å². The molecule has 340 valence electrons. The van der Waals surface area contributed by atoms with Crippen LogP contribution in [0.5, 0.6) is 0 Å². The smallest absolute Gasteiger partial charge is 0.399 e. The zero-order valence-corrected chi connectivity index (χ0v) is 37.2. The second-order valence-corrected chi connectivity index (χ2v) is 20.5. The van der Waals surface area contributed by atoms with Crippen molar-refractivity contribution in [1.82, 2.24) is 0 Å². The number of hydrogen-bond acceptors (Lipinski definition) is 25. The van der Waals surface area contributed by atoms with Gasteiger partial charge in [0.1, 0.15) is 33.2 Å². The Labute approximate surface area is 361 Å². The Balaban J connectivity index is 1.90. The molecule has 0 heterocycles. The van der Waals surface area contributed by atoms with Crippen LogP contribution in [0.15, 0.2) is 118 Å². The van der Waals surface area contributed by atoms with E-state index in [1.54, 1.807) is 0 Å². The number of azo groups is 3. The molecule has 0 radical (unpaired) electrons. The van der Waals surface area contributed by atoms with Crippen molar-refractivity contribution >= 4 is 102 Å². The van der Waals surface area contributed by atoms with E-state index in [1.807, 2.05) is 0 Å². The number of nitrogen functional groups attached to an aromatic ring is 2. The van der Waals surface area contributed by atoms with Crippen molar-refractivity contribution < 1.29 is 72.5 Å². The summed E-state index contributed by atoms with van der Waals surface area (Å²) in [5.74, 6) is -2.77. The maximum atomic E-state index is 13.4. The highest BCUT2D eigenvalue weighted by atomic mass is 32.3. The summed E-state index contributed by atoms with van der Waals surface area (Å²) < 4.78 is 150. The van der Waals surface area contributed by atoms with E-state index in [1.165, 1.54) is 54.6 Å². The monoisotopic (exact) mass is 976 g/mol. The number of hydrogen-bond donors (Lipinski definition) is 2. The number of carbonyl (C=O) groups is 1. The predicted molar refractivity (Wildman–Crippen MR) is 221 cm³/mol. The maximum Gasteiger partial charge on any atom is 0.399 e. The van der Waals surface area contributed by atoms with Crippen molar-refractivity contribution in [2.75, 3.05) is 64.6 Å². The summed E-state index contributed by atoms with van der Waals surface area (Å²) in [4.78, 5) is 12.3. The van der Waals surface area contributed by atoms with Gasteiger partial charge >= 0.3 is 26.8 Å². The second kappa shape index (κ2) is 20.7. The topological polar surface area (TPSA) is 369 Å². The number of rotatable bonds is 21. The molecule has 0 saturated carbocycles. The van der Waals surface area contributed by atoms with Crippen LogP contribution in [0.2, 0.25) is 0 Å². The van der Waals surface area contributed by atoms with Crippen molar-refractivity contribution in [3.63, 3.8) is 0 Å². The molecule has 4 aromatic rings. The standard InChI is InChI=1S/C33H36N8O17S5/c1-53-33(42)27-30(39-36-21-9-7-11-23(19-21)59(43,44)17-15-57-62(49,50)55-3)28(34)32(29(35)31(27)40-38-25-13-5-6-14-26(25)61(47,48)54-2)41-37-22-10-8-12-24(20-22)60(45,46)18-16-58-63(51,52)56-4/h5-14,19-20H,15-18,34-35H2,1-4H3. The van der Waals surface area contributed by atoms with Gasteiger partial charge in [-0.25, -0.2) is 30.0 Å². The van der Waals surface area contributed by atoms with Gasteiger partial charge in [0.2, 0.25) is 0 Å². The molecule has 25 nitrogen and oxygen atoms in total. The lowest BCUT2D eigenvalue weighted by Crippen LogP contribution is -2.16. The first-order valence-electron chi connectivity index (χ1n) is 17.0. The van der Waals surface area contributed by atoms with E-state index < -0.39 is 120 Å². The van der Waals surface area contributed by atoms with Crippen molar-refractivity contribution in [3.05, 3.63) is 78.4 Å². The number of benzene rings is 4. The van der Waals surface area contributed by atoms with Crippen LogP contribution in [-0.4, -0.2) is 101 Å². The third kappa shape index (κ3) is 12.9. The average molecular weight is 977 g/mol. The molecule has 63 heavy (non-hydrogen) atoms. The summed E-state index contributed by atoms with van der Waals surface area (Å²) in [6.45, 7) is -1.57. The molecule has 0 atom stereocenters. The fourth-order valence-corrected chi connectivity index (χ4v) is 8.84. The minimum Gasteiger partial charge on any atom is -0.465 e. The Hall–Kier alpha value is -5.70. The number of esters is 1. The number of nitrogens with zero attached hydrogens (tertiary/aromatic N) is 6. The predicted octanol–water partition coefficient (Wildman–Crippen LogP) is 4.58. The van der Waals surface area contributed by atoms with Gasteiger partial charge in [0, 0.05) is 0 Å². The first-order chi connectivity index (χ1) is 29.5. The number of carbonyl (C=O) groups excluding carboxylic acids is 1. The maximum absolute atomic E-state index is 13.4. The van der Waals surface area contributed by atoms with Gasteiger partial charge in [-0.2, -0.15) is 35.5 Å². The van der Waals surface area contributed by atoms with Gasteiger partial charge in [0.15, 0.2) is 19.7 Å². The molecular weight excluding hydrogens is 941 g/mol. The summed E-state index contributed by atoms with van der Waals surface area (Å²) in [5.41, 5.74) is 9.19. The molecule has 0 spiro atoms. The molecule has 0 fully saturated rings. The molecule has 4 rings (SSSR count). The Morgan fingerprint density at radius 3 is 1.43 bits per heavy atom. The van der Waals surface area contributed by atoms with Crippen LogP contribution in [0, 0.1) is 0 Å². The van der Waals surface area contributed by atoms with Crippen LogP contribution >= 0.6 is 0 Å². The summed E-state index contributed by atoms with van der Waals surface area (Å²) >= 11 is 0. The molecule has 0 aliphatic heterocycles. The first kappa shape index (κ1) is 50.0. The fourth-order valence-electron chi connectivity index (χ4n) is 4.82. The number of nitrogens with two attached hydrogens (primary N) is 2. The van der Waals surface area contributed by atoms with E-state index in [9.17, 15) is 46.9 Å². The van der Waals surface area contributed by atoms with Crippen LogP contribution in [0.1, 0.15) is 10.4 Å². The molecule has 30 heteroatoms. The van der Waals surface area contributed by atoms with Crippen LogP contribution in [0.25, 0.3) is 0 Å². The third-order valence-corrected chi connectivity index (χ3v) is 14.3. The van der Waals surface area contributed by atoms with Gasteiger partial charge in [-0.05, 0) is 48.5 Å². The van der Waals surface area contributed by atoms with E-state index in [4.69, 9.17) is 16.2 Å². The quantitative estimate of drug-likeness (QED) is 0.0499. The van der Waals surface area contributed by atoms with E-state index in [0.717, 1.165) is 46.6 Å². The lowest BCUT2D eigenvalue weighted by Gasteiger charge is -2.14. The van der Waals surface area contributed by atoms with Gasteiger partial charge in [-0.15, -0.1) is 20.5 Å². The average Bonchev–Trinajstić information content (AvgIpc) is 3.25. The van der Waals surface area contributed by atoms with Crippen LogP contribution in [-0.2, 0) is 76.2 Å². The molecule has 0 saturated heterocycles. The largest absolute Gasteiger partial charge is 0.465 e. The van der Waals surface area contributed by atoms with Crippen molar-refractivity contribution in [3.8, 4) is 0 Å². The zero-order chi connectivity index (χ0) is 46.8. The molecule has 4 aromatic carbocycles. The second-order valence-electron chi connectivity index (χ2n) is 11.9. The van der Waals surface area contributed by atoms with Gasteiger partial charge in [0.05, 0.1) is 85.7 Å². The normalized spacial score (nSPS) is 13.0. The Morgan fingerprint density at radius 1 is 0.540 bits per heavy atom. The lowest BCUT2D eigenvalue weighted by molar-refractivity contribution is 0.0602. The summed E-state index contributed by atoms with van der Waals surface area (Å²) in [7, 11) is -18.1. The van der Waals surface area contributed by atoms with Gasteiger partial charge < -0.3 is 16.2 Å². The van der Waals surface area contributed by atoms with Gasteiger partial charge in [0.25, 0.3) is 10.1 Å². The van der Waals surface area contributed by atoms with Crippen molar-refractivity contribution in [1.29, 1.82) is 0 Å². The Bertz CT molecular complexity index is 3040. The van der Waals surface area contributed by atoms with Crippen molar-refractivity contribution in [2.24, 2.45) is 30.7 Å². The highest BCUT2D eigenvalue weighted by molar-refractivity contribution is 7.91. The number of sulfone groups is 2. The molecule has 0 unspecified atom stereocenters. The van der Waals surface area contributed by atoms with Gasteiger partial charge in [-0.1, -0.05) is 24.3 Å². The molecule has 0 aromatic heterocycles. The van der Waals surface area contributed by atoms with Crippen LogP contribution in [0.3, 0.4) is 0 Å². The summed E-state index contributed by atoms with van der Waals surface area (Å²) in [6.07, 6.45) is 0. The number of ether oxygens (including phenoxy) is 1. The minimum atomic E-state index is -4.43. The third-order valence-electron chi connectivity index (χ3n) is 7.95. The molecule has 4 N–H and O–H groups in total. The molecule has 0 amide bonds. The van der Waals surface area contributed by atoms with Gasteiger partial charge in [-0.3, -0.25) is 12.5 Å². The van der Waals surface area contributed by atoms with Crippen molar-refractivity contribution in [2.45, 2.75) is 14.7 Å². The van der Waals surface area contributed by atoms with Crippen LogP contribution in [0.4, 0.5) is 45.5 Å². The SMILES string of the molecule is COC(=O)c1c(N=Nc2cccc(S(=O)(=O)CCOS(=O)(=O)OC)c2)c(N)c(N=Nc2cccc(S(=O)(=O)CCOS(=O)(=O)OC)c2)c(N)c1N=Nc1ccccc1S(=O)(=O)OC. The minimum absolute atomic E-state index is 0.120. The number of methoxy groups -OCH3 is 1. The van der Waals surface area contributed by atoms with E-state index in [2.05, 4.69) is 51.6 Å². The van der Waals surface area contributed by atoms with E-state index in [0.29, 0.717) is 0 Å². The number of anilines is 2. The fraction of sp³-hybridized carbons (Fsp3) is 0.242. The summed E-state index contributed by atoms with van der Waals surface area (Å²) in [5, 5.41) is 24.3. The Morgan fingerprint density at radius 2 is 0.984 bits per heavy atom.